The largest absolute Gasteiger partial charge is 0.444 e. The van der Waals surface area contributed by atoms with E-state index in [0.29, 0.717) is 6.42 Å². The van der Waals surface area contributed by atoms with Crippen LogP contribution in [0.25, 0.3) is 0 Å². The fourth-order valence-corrected chi connectivity index (χ4v) is 2.35. The molecule has 0 radical (unpaired) electrons. The van der Waals surface area contributed by atoms with Crippen LogP contribution in [0.3, 0.4) is 0 Å². The predicted molar refractivity (Wildman–Crippen MR) is 77.3 cm³/mol. The minimum atomic E-state index is -0.987. The van der Waals surface area contributed by atoms with Crippen LogP contribution in [0.2, 0.25) is 0 Å². The average Bonchev–Trinajstić information content (AvgIpc) is 2.88. The Morgan fingerprint density at radius 2 is 2.19 bits per heavy atom. The van der Waals surface area contributed by atoms with Gasteiger partial charge in [-0.25, -0.2) is 4.79 Å². The maximum absolute atomic E-state index is 12.4. The molecule has 0 aromatic carbocycles. The van der Waals surface area contributed by atoms with Gasteiger partial charge in [-0.1, -0.05) is 11.6 Å². The second kappa shape index (κ2) is 5.77. The van der Waals surface area contributed by atoms with Gasteiger partial charge in [0.05, 0.1) is 6.04 Å². The summed E-state index contributed by atoms with van der Waals surface area (Å²) in [6.07, 6.45) is 5.19. The van der Waals surface area contributed by atoms with Crippen LogP contribution in [0.1, 0.15) is 53.4 Å². The first-order chi connectivity index (χ1) is 9.70. The predicted octanol–water partition coefficient (Wildman–Crippen LogP) is 2.20. The van der Waals surface area contributed by atoms with Crippen LogP contribution in [0, 0.1) is 0 Å². The molecular formula is C15H24N2O4. The van der Waals surface area contributed by atoms with Gasteiger partial charge in [0.15, 0.2) is 0 Å². The molecule has 1 fully saturated rings. The number of nitrogens with one attached hydrogen (secondary N) is 2. The molecule has 0 aromatic heterocycles. The number of hydrogen-bond acceptors (Lipinski definition) is 5. The molecule has 0 aromatic rings. The van der Waals surface area contributed by atoms with Crippen molar-refractivity contribution in [3.8, 4) is 0 Å². The Balaban J connectivity index is 2.01. The average molecular weight is 296 g/mol. The van der Waals surface area contributed by atoms with Crippen LogP contribution in [-0.4, -0.2) is 29.2 Å². The maximum atomic E-state index is 12.4. The molecule has 6 heteroatoms. The highest BCUT2D eigenvalue weighted by Gasteiger charge is 2.50. The third-order valence-electron chi connectivity index (χ3n) is 3.49. The van der Waals surface area contributed by atoms with E-state index in [4.69, 9.17) is 9.57 Å². The van der Waals surface area contributed by atoms with Crippen molar-refractivity contribution in [2.45, 2.75) is 70.7 Å². The van der Waals surface area contributed by atoms with E-state index in [9.17, 15) is 9.59 Å². The van der Waals surface area contributed by atoms with Gasteiger partial charge >= 0.3 is 6.09 Å². The van der Waals surface area contributed by atoms with E-state index in [1.807, 2.05) is 0 Å². The number of hydroxylamine groups is 1. The van der Waals surface area contributed by atoms with E-state index in [1.54, 1.807) is 27.7 Å². The summed E-state index contributed by atoms with van der Waals surface area (Å²) in [7, 11) is 0. The quantitative estimate of drug-likeness (QED) is 0.599. The van der Waals surface area contributed by atoms with Crippen LogP contribution in [-0.2, 0) is 14.4 Å². The Morgan fingerprint density at radius 1 is 1.52 bits per heavy atom. The maximum Gasteiger partial charge on any atom is 0.408 e. The number of carbonyl (C=O) groups excluding carboxylic acids is 2. The summed E-state index contributed by atoms with van der Waals surface area (Å²) < 4.78 is 5.23. The number of allylic oxidation sites excluding steroid dienone is 1. The Hall–Kier alpha value is -1.40. The summed E-state index contributed by atoms with van der Waals surface area (Å²) in [6.45, 7) is 7.02. The number of ketones is 1. The van der Waals surface area contributed by atoms with Crippen LogP contribution in [0.15, 0.2) is 11.6 Å². The van der Waals surface area contributed by atoms with Crippen LogP contribution < -0.4 is 10.8 Å². The third kappa shape index (κ3) is 4.54. The van der Waals surface area contributed by atoms with Gasteiger partial charge in [0.2, 0.25) is 11.5 Å². The molecule has 118 valence electrons. The van der Waals surface area contributed by atoms with Gasteiger partial charge in [0.1, 0.15) is 5.60 Å². The van der Waals surface area contributed by atoms with Gasteiger partial charge in [0.25, 0.3) is 0 Å². The molecule has 2 N–H and O–H groups in total. The standard InChI is InChI=1S/C15H24N2O4/c1-14(2,3)20-13(19)16-11(9-10-7-5-6-8-10)12(18)15(4)17-21-15/h7,11,17H,5-6,8-9H2,1-4H3,(H,16,19)/t11-,15-/m0/s1. The molecule has 0 spiro atoms. The number of hydrogen-bond donors (Lipinski definition) is 2. The van der Waals surface area contributed by atoms with Crippen molar-refractivity contribution in [3.63, 3.8) is 0 Å². The topological polar surface area (TPSA) is 89.9 Å². The van der Waals surface area contributed by atoms with E-state index in [0.717, 1.165) is 19.3 Å². The van der Waals surface area contributed by atoms with Crippen LogP contribution in [0.5, 0.6) is 0 Å². The molecule has 1 aliphatic heterocycles. The summed E-state index contributed by atoms with van der Waals surface area (Å²) in [6, 6.07) is -0.635. The fourth-order valence-electron chi connectivity index (χ4n) is 2.35. The lowest BCUT2D eigenvalue weighted by atomic mass is 9.97. The van der Waals surface area contributed by atoms with Crippen molar-refractivity contribution >= 4 is 11.9 Å². The summed E-state index contributed by atoms with van der Waals surface area (Å²) in [5, 5.41) is 2.68. The fraction of sp³-hybridized carbons (Fsp3) is 0.733. The van der Waals surface area contributed by atoms with Gasteiger partial charge in [-0.05, 0) is 53.4 Å². The summed E-state index contributed by atoms with van der Waals surface area (Å²) in [5.74, 6) is -0.179. The van der Waals surface area contributed by atoms with Gasteiger partial charge in [-0.3, -0.25) is 9.63 Å². The van der Waals surface area contributed by atoms with Gasteiger partial charge in [0, 0.05) is 0 Å². The Morgan fingerprint density at radius 3 is 2.67 bits per heavy atom. The number of rotatable bonds is 5. The second-order valence-electron chi connectivity index (χ2n) is 6.76. The van der Waals surface area contributed by atoms with Crippen molar-refractivity contribution in [2.24, 2.45) is 0 Å². The smallest absolute Gasteiger partial charge is 0.408 e. The van der Waals surface area contributed by atoms with Gasteiger partial charge in [-0.2, -0.15) is 5.48 Å². The number of ether oxygens (including phenoxy) is 1. The van der Waals surface area contributed by atoms with Crippen molar-refractivity contribution in [1.29, 1.82) is 0 Å². The minimum absolute atomic E-state index is 0.179. The van der Waals surface area contributed by atoms with Crippen molar-refractivity contribution < 1.29 is 19.2 Å². The van der Waals surface area contributed by atoms with E-state index in [2.05, 4.69) is 16.9 Å². The van der Waals surface area contributed by atoms with Crippen molar-refractivity contribution in [3.05, 3.63) is 11.6 Å². The first-order valence-corrected chi connectivity index (χ1v) is 7.36. The van der Waals surface area contributed by atoms with E-state index >= 15 is 0 Å². The molecule has 0 bridgehead atoms. The Kier molecular flexibility index (Phi) is 4.39. The zero-order valence-corrected chi connectivity index (χ0v) is 13.1. The summed E-state index contributed by atoms with van der Waals surface area (Å²) >= 11 is 0. The minimum Gasteiger partial charge on any atom is -0.444 e. The lowest BCUT2D eigenvalue weighted by Crippen LogP contribution is -2.48. The van der Waals surface area contributed by atoms with Gasteiger partial charge < -0.3 is 10.1 Å². The van der Waals surface area contributed by atoms with E-state index in [1.165, 1.54) is 5.57 Å². The highest BCUT2D eigenvalue weighted by molar-refractivity contribution is 5.95. The number of carbonyl (C=O) groups is 2. The molecule has 2 rings (SSSR count). The number of alkyl carbamates (subject to hydrolysis) is 1. The number of Topliss-reactive ketones (excluding diaryl/α,β-unsaturated/α-hetero) is 1. The molecule has 0 saturated carbocycles. The molecule has 6 nitrogen and oxygen atoms in total. The molecule has 21 heavy (non-hydrogen) atoms. The zero-order chi connectivity index (χ0) is 15.7. The highest BCUT2D eigenvalue weighted by Crippen LogP contribution is 2.27. The van der Waals surface area contributed by atoms with Crippen LogP contribution in [0.4, 0.5) is 4.79 Å². The molecule has 1 aliphatic carbocycles. The van der Waals surface area contributed by atoms with Gasteiger partial charge in [-0.15, -0.1) is 0 Å². The number of amides is 1. The molecule has 1 heterocycles. The van der Waals surface area contributed by atoms with E-state index < -0.39 is 23.5 Å². The van der Waals surface area contributed by atoms with Crippen molar-refractivity contribution in [2.75, 3.05) is 0 Å². The molecule has 0 unspecified atom stereocenters. The normalized spacial score (nSPS) is 26.0. The lowest BCUT2D eigenvalue weighted by molar-refractivity contribution is -0.125. The first-order valence-electron chi connectivity index (χ1n) is 7.36. The zero-order valence-electron chi connectivity index (χ0n) is 13.1. The monoisotopic (exact) mass is 296 g/mol. The first kappa shape index (κ1) is 16.0. The highest BCUT2D eigenvalue weighted by atomic mass is 16.8. The SMILES string of the molecule is CC(C)(C)OC(=O)N[C@@H](CC1=CCCC1)C(=O)[C@@]1(C)NO1. The molecule has 1 saturated heterocycles. The molecule has 2 aliphatic rings. The lowest BCUT2D eigenvalue weighted by Gasteiger charge is -2.24. The van der Waals surface area contributed by atoms with E-state index in [-0.39, 0.29) is 5.78 Å². The van der Waals surface area contributed by atoms with Crippen LogP contribution >= 0.6 is 0 Å². The summed E-state index contributed by atoms with van der Waals surface area (Å²) in [5.41, 5.74) is 2.20. The molecule has 2 atom stereocenters. The molecular weight excluding hydrogens is 272 g/mol. The van der Waals surface area contributed by atoms with Crippen molar-refractivity contribution in [1.82, 2.24) is 10.8 Å². The molecule has 1 amide bonds. The third-order valence-corrected chi connectivity index (χ3v) is 3.49. The Labute approximate surface area is 125 Å². The summed E-state index contributed by atoms with van der Waals surface area (Å²) in [4.78, 5) is 29.3. The Bertz CT molecular complexity index is 461. The second-order valence-corrected chi connectivity index (χ2v) is 6.76.